The number of methoxy groups -OCH3 is 1. The monoisotopic (exact) mass is 462 g/mol. The first-order valence-corrected chi connectivity index (χ1v) is 12.2. The number of piperazine rings is 1. The maximum absolute atomic E-state index is 12.6. The lowest BCUT2D eigenvalue weighted by Crippen LogP contribution is -2.48. The van der Waals surface area contributed by atoms with Crippen molar-refractivity contribution in [3.8, 4) is 17.1 Å². The Labute approximate surface area is 201 Å². The van der Waals surface area contributed by atoms with Gasteiger partial charge in [-0.05, 0) is 48.7 Å². The number of aromatic nitrogens is 4. The van der Waals surface area contributed by atoms with Crippen molar-refractivity contribution in [1.29, 1.82) is 0 Å². The highest BCUT2D eigenvalue weighted by Crippen LogP contribution is 2.14. The molecule has 1 aromatic heterocycles. The molecule has 2 heterocycles. The summed E-state index contributed by atoms with van der Waals surface area (Å²) in [6.07, 6.45) is 4.65. The number of hydrogen-bond donors (Lipinski definition) is 0. The summed E-state index contributed by atoms with van der Waals surface area (Å²) >= 11 is 0. The van der Waals surface area contributed by atoms with Gasteiger partial charge >= 0.3 is 0 Å². The molecule has 0 spiro atoms. The highest BCUT2D eigenvalue weighted by Gasteiger charge is 2.20. The molecule has 1 aliphatic heterocycles. The standard InChI is InChI=1S/C26H34N6O2/c1-34-24-13-10-22(11-14-24)12-15-25(33)31-20-18-30(19-21-31)16-6-3-7-17-32-28-26(27-29-32)23-8-4-2-5-9-23/h2,4-5,8-11,13-14H,3,6-7,12,15-21H2,1H3. The minimum Gasteiger partial charge on any atom is -0.497 e. The van der Waals surface area contributed by atoms with E-state index in [4.69, 9.17) is 4.74 Å². The van der Waals surface area contributed by atoms with Gasteiger partial charge in [0.1, 0.15) is 5.75 Å². The van der Waals surface area contributed by atoms with Crippen LogP contribution in [0.25, 0.3) is 11.4 Å². The normalized spacial score (nSPS) is 14.3. The second-order valence-electron chi connectivity index (χ2n) is 8.71. The molecule has 0 bridgehead atoms. The Hall–Kier alpha value is -3.26. The molecule has 0 unspecified atom stereocenters. The Balaban J connectivity index is 1.08. The highest BCUT2D eigenvalue weighted by atomic mass is 16.5. The van der Waals surface area contributed by atoms with Crippen LogP contribution in [-0.4, -0.2) is 75.7 Å². The number of benzene rings is 2. The lowest BCUT2D eigenvalue weighted by Gasteiger charge is -2.34. The van der Waals surface area contributed by atoms with E-state index in [-0.39, 0.29) is 5.91 Å². The molecule has 34 heavy (non-hydrogen) atoms. The maximum Gasteiger partial charge on any atom is 0.222 e. The van der Waals surface area contributed by atoms with Gasteiger partial charge in [-0.25, -0.2) is 0 Å². The number of aryl methyl sites for hydroxylation is 2. The van der Waals surface area contributed by atoms with Gasteiger partial charge in [0.25, 0.3) is 0 Å². The van der Waals surface area contributed by atoms with E-state index in [2.05, 4.69) is 20.3 Å². The molecule has 180 valence electrons. The summed E-state index contributed by atoms with van der Waals surface area (Å²) in [5, 5.41) is 12.8. The molecule has 0 atom stereocenters. The van der Waals surface area contributed by atoms with Crippen LogP contribution in [0, 0.1) is 0 Å². The smallest absolute Gasteiger partial charge is 0.222 e. The zero-order chi connectivity index (χ0) is 23.6. The minimum atomic E-state index is 0.255. The second-order valence-corrected chi connectivity index (χ2v) is 8.71. The van der Waals surface area contributed by atoms with Gasteiger partial charge in [-0.2, -0.15) is 4.80 Å². The van der Waals surface area contributed by atoms with Gasteiger partial charge in [0.15, 0.2) is 0 Å². The van der Waals surface area contributed by atoms with Crippen molar-refractivity contribution in [1.82, 2.24) is 30.0 Å². The molecule has 2 aromatic carbocycles. The molecular weight excluding hydrogens is 428 g/mol. The molecule has 8 heteroatoms. The highest BCUT2D eigenvalue weighted by molar-refractivity contribution is 5.76. The van der Waals surface area contributed by atoms with Crippen LogP contribution in [0.5, 0.6) is 5.75 Å². The predicted molar refractivity (Wildman–Crippen MR) is 131 cm³/mol. The molecule has 1 aliphatic rings. The van der Waals surface area contributed by atoms with Crippen LogP contribution < -0.4 is 4.74 Å². The maximum atomic E-state index is 12.6. The number of amides is 1. The zero-order valence-electron chi connectivity index (χ0n) is 20.0. The molecule has 8 nitrogen and oxygen atoms in total. The predicted octanol–water partition coefficient (Wildman–Crippen LogP) is 3.30. The Morgan fingerprint density at radius 3 is 2.38 bits per heavy atom. The van der Waals surface area contributed by atoms with Gasteiger partial charge < -0.3 is 9.64 Å². The van der Waals surface area contributed by atoms with Gasteiger partial charge in [0.2, 0.25) is 11.7 Å². The molecule has 1 fully saturated rings. The number of rotatable bonds is 11. The third-order valence-electron chi connectivity index (χ3n) is 6.33. The first kappa shape index (κ1) is 23.9. The van der Waals surface area contributed by atoms with E-state index in [0.717, 1.165) is 76.3 Å². The minimum absolute atomic E-state index is 0.255. The number of carbonyl (C=O) groups excluding carboxylic acids is 1. The van der Waals surface area contributed by atoms with Crippen molar-refractivity contribution >= 4 is 5.91 Å². The van der Waals surface area contributed by atoms with Crippen LogP contribution in [-0.2, 0) is 17.8 Å². The molecule has 3 aromatic rings. The fourth-order valence-corrected chi connectivity index (χ4v) is 4.23. The first-order chi connectivity index (χ1) is 16.7. The van der Waals surface area contributed by atoms with Crippen molar-refractivity contribution in [2.45, 2.75) is 38.6 Å². The lowest BCUT2D eigenvalue weighted by atomic mass is 10.1. The SMILES string of the molecule is COc1ccc(CCC(=O)N2CCN(CCCCCn3nnc(-c4ccccc4)n3)CC2)cc1. The first-order valence-electron chi connectivity index (χ1n) is 12.2. The van der Waals surface area contributed by atoms with E-state index < -0.39 is 0 Å². The van der Waals surface area contributed by atoms with Crippen LogP contribution >= 0.6 is 0 Å². The Morgan fingerprint density at radius 2 is 1.65 bits per heavy atom. The average Bonchev–Trinajstić information content (AvgIpc) is 3.37. The van der Waals surface area contributed by atoms with Crippen molar-refractivity contribution in [2.24, 2.45) is 0 Å². The van der Waals surface area contributed by atoms with E-state index in [1.165, 1.54) is 5.56 Å². The fourth-order valence-electron chi connectivity index (χ4n) is 4.23. The van der Waals surface area contributed by atoms with Crippen molar-refractivity contribution in [2.75, 3.05) is 39.8 Å². The van der Waals surface area contributed by atoms with E-state index in [0.29, 0.717) is 12.2 Å². The third kappa shape index (κ3) is 6.87. The van der Waals surface area contributed by atoms with E-state index in [1.807, 2.05) is 59.5 Å². The number of hydrogen-bond acceptors (Lipinski definition) is 6. The summed E-state index contributed by atoms with van der Waals surface area (Å²) < 4.78 is 5.19. The van der Waals surface area contributed by atoms with Gasteiger partial charge in [0, 0.05) is 38.2 Å². The van der Waals surface area contributed by atoms with E-state index >= 15 is 0 Å². The number of ether oxygens (including phenoxy) is 1. The molecule has 4 rings (SSSR count). The second kappa shape index (κ2) is 12.3. The van der Waals surface area contributed by atoms with Gasteiger partial charge in [0.05, 0.1) is 13.7 Å². The Kier molecular flexibility index (Phi) is 8.62. The molecular formula is C26H34N6O2. The van der Waals surface area contributed by atoms with Gasteiger partial charge in [-0.15, -0.1) is 10.2 Å². The fraction of sp³-hybridized carbons (Fsp3) is 0.462. The third-order valence-corrected chi connectivity index (χ3v) is 6.33. The number of unbranched alkanes of at least 4 members (excludes halogenated alkanes) is 2. The van der Waals surface area contributed by atoms with Crippen molar-refractivity contribution in [3.05, 3.63) is 60.2 Å². The lowest BCUT2D eigenvalue weighted by molar-refractivity contribution is -0.132. The summed E-state index contributed by atoms with van der Waals surface area (Å²) in [7, 11) is 1.66. The van der Waals surface area contributed by atoms with Crippen molar-refractivity contribution < 1.29 is 9.53 Å². The topological polar surface area (TPSA) is 76.4 Å². The van der Waals surface area contributed by atoms with Gasteiger partial charge in [-0.1, -0.05) is 48.9 Å². The van der Waals surface area contributed by atoms with Crippen LogP contribution in [0.3, 0.4) is 0 Å². The number of carbonyl (C=O) groups is 1. The number of tetrazole rings is 1. The van der Waals surface area contributed by atoms with E-state index in [1.54, 1.807) is 11.9 Å². The summed E-state index contributed by atoms with van der Waals surface area (Å²) in [6.45, 7) is 5.43. The average molecular weight is 463 g/mol. The molecule has 1 saturated heterocycles. The summed E-state index contributed by atoms with van der Waals surface area (Å²) in [5.41, 5.74) is 2.16. The number of nitrogens with zero attached hydrogens (tertiary/aromatic N) is 6. The van der Waals surface area contributed by atoms with Crippen LogP contribution in [0.4, 0.5) is 0 Å². The van der Waals surface area contributed by atoms with Crippen LogP contribution in [0.2, 0.25) is 0 Å². The summed E-state index contributed by atoms with van der Waals surface area (Å²) in [4.78, 5) is 18.8. The quantitative estimate of drug-likeness (QED) is 0.407. The van der Waals surface area contributed by atoms with E-state index in [9.17, 15) is 4.79 Å². The Morgan fingerprint density at radius 1 is 0.912 bits per heavy atom. The van der Waals surface area contributed by atoms with Crippen LogP contribution in [0.15, 0.2) is 54.6 Å². The molecule has 0 aliphatic carbocycles. The molecule has 0 radical (unpaired) electrons. The Bertz CT molecular complexity index is 1010. The molecule has 0 N–H and O–H groups in total. The largest absolute Gasteiger partial charge is 0.497 e. The van der Waals surface area contributed by atoms with Crippen LogP contribution in [0.1, 0.15) is 31.2 Å². The summed E-state index contributed by atoms with van der Waals surface area (Å²) in [5.74, 6) is 1.78. The zero-order valence-corrected chi connectivity index (χ0v) is 20.0. The summed E-state index contributed by atoms with van der Waals surface area (Å²) in [6, 6.07) is 17.9. The molecule has 1 amide bonds. The van der Waals surface area contributed by atoms with Gasteiger partial charge in [-0.3, -0.25) is 9.69 Å². The van der Waals surface area contributed by atoms with Crippen molar-refractivity contribution in [3.63, 3.8) is 0 Å². The molecule has 0 saturated carbocycles.